The summed E-state index contributed by atoms with van der Waals surface area (Å²) >= 11 is 0. The molecule has 6 heteroatoms. The topological polar surface area (TPSA) is 48.9 Å². The van der Waals surface area contributed by atoms with E-state index in [-0.39, 0.29) is 24.0 Å². The van der Waals surface area contributed by atoms with Gasteiger partial charge in [0.2, 0.25) is 0 Å². The second-order valence-corrected chi connectivity index (χ2v) is 6.54. The van der Waals surface area contributed by atoms with Crippen molar-refractivity contribution in [2.75, 3.05) is 46.4 Å². The van der Waals surface area contributed by atoms with Gasteiger partial charge in [0, 0.05) is 19.6 Å². The zero-order chi connectivity index (χ0) is 17.7. The first-order valence-corrected chi connectivity index (χ1v) is 9.69. The number of likely N-dealkylation sites (tertiary alicyclic amines) is 1. The highest BCUT2D eigenvalue weighted by atomic mass is 127. The highest BCUT2D eigenvalue weighted by molar-refractivity contribution is 14.0. The van der Waals surface area contributed by atoms with Crippen LogP contribution in [-0.4, -0.2) is 57.2 Å². The zero-order valence-electron chi connectivity index (χ0n) is 16.3. The highest BCUT2D eigenvalue weighted by Gasteiger charge is 2.09. The Labute approximate surface area is 176 Å². The quantitative estimate of drug-likeness (QED) is 0.237. The average molecular weight is 474 g/mol. The third-order valence-corrected chi connectivity index (χ3v) is 4.56. The van der Waals surface area contributed by atoms with Crippen LogP contribution in [0, 0.1) is 0 Å². The normalized spacial score (nSPS) is 14.8. The number of nitrogens with one attached hydrogen (secondary N) is 2. The van der Waals surface area contributed by atoms with Crippen LogP contribution < -0.4 is 15.4 Å². The molecular formula is C20H35IN4O. The number of rotatable bonds is 10. The molecule has 148 valence electrons. The maximum atomic E-state index is 5.19. The van der Waals surface area contributed by atoms with Gasteiger partial charge in [0.05, 0.1) is 7.11 Å². The molecule has 2 rings (SSSR count). The summed E-state index contributed by atoms with van der Waals surface area (Å²) in [5.41, 5.74) is 1.30. The largest absolute Gasteiger partial charge is 0.497 e. The Morgan fingerprint density at radius 3 is 2.50 bits per heavy atom. The lowest BCUT2D eigenvalue weighted by molar-refractivity contribution is 0.331. The fourth-order valence-corrected chi connectivity index (χ4v) is 3.10. The summed E-state index contributed by atoms with van der Waals surface area (Å²) in [7, 11) is 1.70. The molecule has 1 aliphatic heterocycles. The summed E-state index contributed by atoms with van der Waals surface area (Å²) in [5.74, 6) is 1.83. The molecule has 1 aliphatic rings. The predicted octanol–water partition coefficient (Wildman–Crippen LogP) is 3.29. The second-order valence-electron chi connectivity index (χ2n) is 6.54. The number of benzene rings is 1. The summed E-state index contributed by atoms with van der Waals surface area (Å²) in [4.78, 5) is 7.26. The van der Waals surface area contributed by atoms with Gasteiger partial charge in [-0.2, -0.15) is 0 Å². The first-order chi connectivity index (χ1) is 12.3. The number of nitrogens with zero attached hydrogens (tertiary/aromatic N) is 2. The van der Waals surface area contributed by atoms with Gasteiger partial charge >= 0.3 is 0 Å². The van der Waals surface area contributed by atoms with Gasteiger partial charge in [-0.1, -0.05) is 12.1 Å². The van der Waals surface area contributed by atoms with Gasteiger partial charge in [-0.05, 0) is 76.4 Å². The molecule has 0 spiro atoms. The third kappa shape index (κ3) is 9.07. The number of hydrogen-bond donors (Lipinski definition) is 2. The van der Waals surface area contributed by atoms with Gasteiger partial charge in [0.15, 0.2) is 5.96 Å². The van der Waals surface area contributed by atoms with E-state index in [1.54, 1.807) is 7.11 Å². The van der Waals surface area contributed by atoms with Crippen molar-refractivity contribution >= 4 is 29.9 Å². The molecule has 1 aromatic carbocycles. The Morgan fingerprint density at radius 1 is 1.12 bits per heavy atom. The Kier molecular flexibility index (Phi) is 12.5. The van der Waals surface area contributed by atoms with Gasteiger partial charge in [-0.3, -0.25) is 4.99 Å². The van der Waals surface area contributed by atoms with Gasteiger partial charge in [-0.15, -0.1) is 24.0 Å². The van der Waals surface area contributed by atoms with Crippen LogP contribution in [0.25, 0.3) is 0 Å². The van der Waals surface area contributed by atoms with Crippen LogP contribution >= 0.6 is 24.0 Å². The SMILES string of the molecule is CCNC(=NCCCCN1CCCC1)NCCc1ccc(OC)cc1.I. The van der Waals surface area contributed by atoms with Crippen LogP contribution in [0.15, 0.2) is 29.3 Å². The summed E-state index contributed by atoms with van der Waals surface area (Å²) in [6.45, 7) is 8.59. The van der Waals surface area contributed by atoms with E-state index in [0.29, 0.717) is 0 Å². The standard InChI is InChI=1S/C20H34N4O.HI/c1-3-21-20(22-13-4-5-15-24-16-6-7-17-24)23-14-12-18-8-10-19(25-2)11-9-18;/h8-11H,3-7,12-17H2,1-2H3,(H2,21,22,23);1H. The molecule has 0 atom stereocenters. The van der Waals surface area contributed by atoms with Gasteiger partial charge in [-0.25, -0.2) is 0 Å². The number of ether oxygens (including phenoxy) is 1. The van der Waals surface area contributed by atoms with E-state index < -0.39 is 0 Å². The van der Waals surface area contributed by atoms with Crippen molar-refractivity contribution in [3.05, 3.63) is 29.8 Å². The minimum atomic E-state index is 0. The molecule has 26 heavy (non-hydrogen) atoms. The monoisotopic (exact) mass is 474 g/mol. The average Bonchev–Trinajstić information content (AvgIpc) is 3.15. The molecule has 1 fully saturated rings. The minimum Gasteiger partial charge on any atom is -0.497 e. The van der Waals surface area contributed by atoms with Crippen molar-refractivity contribution in [1.82, 2.24) is 15.5 Å². The molecule has 5 nitrogen and oxygen atoms in total. The van der Waals surface area contributed by atoms with Crippen LogP contribution in [0.1, 0.15) is 38.2 Å². The van der Waals surface area contributed by atoms with Crippen LogP contribution in [0.3, 0.4) is 0 Å². The molecule has 0 radical (unpaired) electrons. The predicted molar refractivity (Wildman–Crippen MR) is 121 cm³/mol. The lowest BCUT2D eigenvalue weighted by Crippen LogP contribution is -2.38. The van der Waals surface area contributed by atoms with E-state index in [4.69, 9.17) is 9.73 Å². The number of hydrogen-bond acceptors (Lipinski definition) is 3. The smallest absolute Gasteiger partial charge is 0.191 e. The molecule has 1 saturated heterocycles. The number of guanidine groups is 1. The highest BCUT2D eigenvalue weighted by Crippen LogP contribution is 2.11. The lowest BCUT2D eigenvalue weighted by atomic mass is 10.1. The molecule has 0 saturated carbocycles. The maximum Gasteiger partial charge on any atom is 0.191 e. The van der Waals surface area contributed by atoms with Gasteiger partial charge in [0.25, 0.3) is 0 Å². The number of methoxy groups -OCH3 is 1. The van der Waals surface area contributed by atoms with E-state index in [9.17, 15) is 0 Å². The Hall–Kier alpha value is -1.02. The fraction of sp³-hybridized carbons (Fsp3) is 0.650. The van der Waals surface area contributed by atoms with Gasteiger partial charge in [0.1, 0.15) is 5.75 Å². The summed E-state index contributed by atoms with van der Waals surface area (Å²) in [6, 6.07) is 8.25. The van der Waals surface area contributed by atoms with E-state index in [2.05, 4.69) is 34.6 Å². The fourth-order valence-electron chi connectivity index (χ4n) is 3.10. The van der Waals surface area contributed by atoms with E-state index in [0.717, 1.165) is 44.2 Å². The first kappa shape index (κ1) is 23.0. The maximum absolute atomic E-state index is 5.19. The van der Waals surface area contributed by atoms with Gasteiger partial charge < -0.3 is 20.3 Å². The first-order valence-electron chi connectivity index (χ1n) is 9.69. The minimum absolute atomic E-state index is 0. The molecular weight excluding hydrogens is 439 g/mol. The summed E-state index contributed by atoms with van der Waals surface area (Å²) < 4.78 is 5.19. The third-order valence-electron chi connectivity index (χ3n) is 4.56. The van der Waals surface area contributed by atoms with Crippen molar-refractivity contribution in [2.45, 2.75) is 39.0 Å². The van der Waals surface area contributed by atoms with E-state index in [1.807, 2.05) is 12.1 Å². The molecule has 0 aromatic heterocycles. The van der Waals surface area contributed by atoms with Crippen molar-refractivity contribution in [2.24, 2.45) is 4.99 Å². The Morgan fingerprint density at radius 2 is 1.85 bits per heavy atom. The summed E-state index contributed by atoms with van der Waals surface area (Å²) in [6.07, 6.45) is 6.13. The van der Waals surface area contributed by atoms with Crippen molar-refractivity contribution in [3.63, 3.8) is 0 Å². The van der Waals surface area contributed by atoms with Crippen LogP contribution in [0.2, 0.25) is 0 Å². The number of halogens is 1. The molecule has 0 aliphatic carbocycles. The van der Waals surface area contributed by atoms with Crippen LogP contribution in [-0.2, 0) is 6.42 Å². The van der Waals surface area contributed by atoms with Crippen molar-refractivity contribution < 1.29 is 4.74 Å². The lowest BCUT2D eigenvalue weighted by Gasteiger charge is -2.14. The van der Waals surface area contributed by atoms with Crippen LogP contribution in [0.4, 0.5) is 0 Å². The number of unbranched alkanes of at least 4 members (excludes halogenated alkanes) is 1. The Balaban J connectivity index is 0.00000338. The molecule has 1 heterocycles. The Bertz CT molecular complexity index is 501. The summed E-state index contributed by atoms with van der Waals surface area (Å²) in [5, 5.41) is 6.75. The van der Waals surface area contributed by atoms with Crippen molar-refractivity contribution in [1.29, 1.82) is 0 Å². The van der Waals surface area contributed by atoms with E-state index in [1.165, 1.54) is 44.5 Å². The molecule has 1 aromatic rings. The molecule has 2 N–H and O–H groups in total. The second kappa shape index (κ2) is 14.1. The van der Waals surface area contributed by atoms with E-state index >= 15 is 0 Å². The molecule has 0 unspecified atom stereocenters. The number of aliphatic imine (C=N–C) groups is 1. The molecule has 0 bridgehead atoms. The van der Waals surface area contributed by atoms with Crippen LogP contribution in [0.5, 0.6) is 5.75 Å². The molecule has 0 amide bonds. The van der Waals surface area contributed by atoms with Crippen molar-refractivity contribution in [3.8, 4) is 5.75 Å². The zero-order valence-corrected chi connectivity index (χ0v) is 18.6.